The largest absolute Gasteiger partial charge is 0.493 e. The number of hydrogen-bond acceptors (Lipinski definition) is 4. The zero-order valence-electron chi connectivity index (χ0n) is 16.3. The van der Waals surface area contributed by atoms with Crippen LogP contribution in [-0.4, -0.2) is 23.2 Å². The average molecular weight is 400 g/mol. The monoisotopic (exact) mass is 399 g/mol. The van der Waals surface area contributed by atoms with Crippen molar-refractivity contribution in [1.82, 2.24) is 14.9 Å². The van der Waals surface area contributed by atoms with Gasteiger partial charge >= 0.3 is 0 Å². The first-order valence-corrected chi connectivity index (χ1v) is 9.74. The Bertz CT molecular complexity index is 864. The van der Waals surface area contributed by atoms with E-state index >= 15 is 0 Å². The molecule has 1 heterocycles. The number of nitrogens with one attached hydrogen (secondary N) is 1. The first kappa shape index (κ1) is 20.2. The van der Waals surface area contributed by atoms with Crippen molar-refractivity contribution in [3.05, 3.63) is 76.8 Å². The van der Waals surface area contributed by atoms with Crippen LogP contribution in [0.3, 0.4) is 0 Å². The molecule has 2 aromatic carbocycles. The van der Waals surface area contributed by atoms with Crippen molar-refractivity contribution >= 4 is 11.6 Å². The Hall–Kier alpha value is -2.50. The van der Waals surface area contributed by atoms with E-state index in [0.717, 1.165) is 37.2 Å². The van der Waals surface area contributed by atoms with Crippen LogP contribution in [0.5, 0.6) is 11.5 Å². The van der Waals surface area contributed by atoms with Gasteiger partial charge < -0.3 is 19.4 Å². The van der Waals surface area contributed by atoms with Gasteiger partial charge in [-0.2, -0.15) is 0 Å². The second-order valence-corrected chi connectivity index (χ2v) is 7.12. The van der Waals surface area contributed by atoms with Crippen molar-refractivity contribution in [2.45, 2.75) is 33.0 Å². The van der Waals surface area contributed by atoms with Crippen LogP contribution in [0, 0.1) is 6.92 Å². The van der Waals surface area contributed by atoms with Gasteiger partial charge in [0.25, 0.3) is 0 Å². The molecule has 3 rings (SSSR count). The molecule has 0 saturated heterocycles. The first-order chi connectivity index (χ1) is 13.7. The molecule has 0 spiro atoms. The Kier molecular flexibility index (Phi) is 7.34. The van der Waals surface area contributed by atoms with Crippen molar-refractivity contribution in [2.75, 3.05) is 13.7 Å². The van der Waals surface area contributed by atoms with E-state index in [9.17, 15) is 0 Å². The predicted octanol–water partition coefficient (Wildman–Crippen LogP) is 4.61. The third-order valence-corrected chi connectivity index (χ3v) is 4.73. The minimum atomic E-state index is 0.447. The Morgan fingerprint density at radius 2 is 1.96 bits per heavy atom. The lowest BCUT2D eigenvalue weighted by Crippen LogP contribution is -2.16. The van der Waals surface area contributed by atoms with Crippen molar-refractivity contribution < 1.29 is 9.47 Å². The molecule has 5 nitrogen and oxygen atoms in total. The van der Waals surface area contributed by atoms with Crippen LogP contribution >= 0.6 is 11.6 Å². The third-order valence-electron chi connectivity index (χ3n) is 4.45. The highest BCUT2D eigenvalue weighted by Gasteiger charge is 2.12. The number of ether oxygens (including phenoxy) is 2. The van der Waals surface area contributed by atoms with Gasteiger partial charge in [0.1, 0.15) is 6.61 Å². The maximum absolute atomic E-state index is 6.47. The molecule has 0 aliphatic heterocycles. The van der Waals surface area contributed by atoms with E-state index in [1.165, 1.54) is 5.56 Å². The molecular formula is C22H26ClN3O2. The Balaban J connectivity index is 1.53. The molecule has 0 fully saturated rings. The van der Waals surface area contributed by atoms with Gasteiger partial charge in [0.05, 0.1) is 18.5 Å². The van der Waals surface area contributed by atoms with Crippen LogP contribution in [0.2, 0.25) is 5.02 Å². The fraction of sp³-hybridized carbons (Fsp3) is 0.318. The van der Waals surface area contributed by atoms with Gasteiger partial charge in [-0.3, -0.25) is 0 Å². The fourth-order valence-electron chi connectivity index (χ4n) is 2.89. The van der Waals surface area contributed by atoms with Crippen LogP contribution in [0.4, 0.5) is 0 Å². The number of rotatable bonds is 10. The molecule has 28 heavy (non-hydrogen) atoms. The number of methoxy groups -OCH3 is 1. The highest BCUT2D eigenvalue weighted by Crippen LogP contribution is 2.37. The normalized spacial score (nSPS) is 10.8. The zero-order chi connectivity index (χ0) is 19.8. The number of nitrogens with zero attached hydrogens (tertiary/aromatic N) is 2. The summed E-state index contributed by atoms with van der Waals surface area (Å²) in [5, 5.41) is 3.99. The van der Waals surface area contributed by atoms with E-state index < -0.39 is 0 Å². The van der Waals surface area contributed by atoms with E-state index in [4.69, 9.17) is 21.1 Å². The summed E-state index contributed by atoms with van der Waals surface area (Å²) in [5.41, 5.74) is 3.38. The molecule has 1 N–H and O–H groups in total. The van der Waals surface area contributed by atoms with E-state index in [1.54, 1.807) is 13.3 Å². The summed E-state index contributed by atoms with van der Waals surface area (Å²) >= 11 is 6.47. The summed E-state index contributed by atoms with van der Waals surface area (Å²) in [6.45, 7) is 5.09. The molecule has 148 valence electrons. The second-order valence-electron chi connectivity index (χ2n) is 6.71. The summed E-state index contributed by atoms with van der Waals surface area (Å²) in [7, 11) is 1.63. The minimum Gasteiger partial charge on any atom is -0.493 e. The molecular weight excluding hydrogens is 374 g/mol. The smallest absolute Gasteiger partial charge is 0.180 e. The molecule has 3 aromatic rings. The van der Waals surface area contributed by atoms with E-state index in [-0.39, 0.29) is 0 Å². The molecule has 0 aliphatic rings. The highest BCUT2D eigenvalue weighted by atomic mass is 35.5. The van der Waals surface area contributed by atoms with Crippen LogP contribution in [0.15, 0.2) is 55.1 Å². The molecule has 0 amide bonds. The molecule has 0 bridgehead atoms. The van der Waals surface area contributed by atoms with Gasteiger partial charge in [0.2, 0.25) is 0 Å². The Morgan fingerprint density at radius 1 is 1.14 bits per heavy atom. The fourth-order valence-corrected chi connectivity index (χ4v) is 3.18. The van der Waals surface area contributed by atoms with Crippen LogP contribution in [0.25, 0.3) is 0 Å². The number of aromatic nitrogens is 2. The van der Waals surface area contributed by atoms with Gasteiger partial charge in [-0.25, -0.2) is 4.98 Å². The second kappa shape index (κ2) is 10.2. The number of imidazole rings is 1. The summed E-state index contributed by atoms with van der Waals surface area (Å²) in [6.07, 6.45) is 6.63. The van der Waals surface area contributed by atoms with E-state index in [0.29, 0.717) is 23.1 Å². The molecule has 1 aromatic heterocycles. The van der Waals surface area contributed by atoms with Crippen molar-refractivity contribution in [3.8, 4) is 11.5 Å². The molecule has 0 unspecified atom stereocenters. The SMILES string of the molecule is COc1cc(CNCCCn2ccnc2)cc(Cl)c1OCc1ccc(C)cc1. The quantitative estimate of drug-likeness (QED) is 0.505. The molecule has 0 atom stereocenters. The Labute approximate surface area is 171 Å². The molecule has 0 saturated carbocycles. The maximum Gasteiger partial charge on any atom is 0.180 e. The topological polar surface area (TPSA) is 48.3 Å². The minimum absolute atomic E-state index is 0.447. The van der Waals surface area contributed by atoms with E-state index in [1.807, 2.05) is 24.7 Å². The maximum atomic E-state index is 6.47. The number of hydrogen-bond donors (Lipinski definition) is 1. The lowest BCUT2D eigenvalue weighted by atomic mass is 10.1. The molecule has 0 aliphatic carbocycles. The van der Waals surface area contributed by atoms with Gasteiger partial charge in [-0.05, 0) is 43.1 Å². The van der Waals surface area contributed by atoms with E-state index in [2.05, 4.69) is 46.1 Å². The molecule has 6 heteroatoms. The lowest BCUT2D eigenvalue weighted by Gasteiger charge is -2.15. The number of halogens is 1. The van der Waals surface area contributed by atoms with Gasteiger partial charge in [0.15, 0.2) is 11.5 Å². The van der Waals surface area contributed by atoms with Gasteiger partial charge in [-0.15, -0.1) is 0 Å². The van der Waals surface area contributed by atoms with Crippen LogP contribution < -0.4 is 14.8 Å². The average Bonchev–Trinajstić information content (AvgIpc) is 3.21. The number of aryl methyl sites for hydroxylation is 2. The predicted molar refractivity (Wildman–Crippen MR) is 112 cm³/mol. The molecule has 0 radical (unpaired) electrons. The lowest BCUT2D eigenvalue weighted by molar-refractivity contribution is 0.284. The van der Waals surface area contributed by atoms with Crippen LogP contribution in [0.1, 0.15) is 23.1 Å². The van der Waals surface area contributed by atoms with Gasteiger partial charge in [-0.1, -0.05) is 41.4 Å². The first-order valence-electron chi connectivity index (χ1n) is 9.37. The number of benzene rings is 2. The van der Waals surface area contributed by atoms with Crippen molar-refractivity contribution in [1.29, 1.82) is 0 Å². The standard InChI is InChI=1S/C22H26ClN3O2/c1-17-4-6-18(7-5-17)15-28-22-20(23)12-19(13-21(22)27-2)14-24-8-3-10-26-11-9-25-16-26/h4-7,9,11-13,16,24H,3,8,10,14-15H2,1-2H3. The summed E-state index contributed by atoms with van der Waals surface area (Å²) in [6, 6.07) is 12.1. The Morgan fingerprint density at radius 3 is 2.68 bits per heavy atom. The zero-order valence-corrected chi connectivity index (χ0v) is 17.1. The van der Waals surface area contributed by atoms with Gasteiger partial charge in [0, 0.05) is 25.5 Å². The van der Waals surface area contributed by atoms with Crippen molar-refractivity contribution in [2.24, 2.45) is 0 Å². The summed E-state index contributed by atoms with van der Waals surface area (Å²) < 4.78 is 13.5. The summed E-state index contributed by atoms with van der Waals surface area (Å²) in [4.78, 5) is 4.05. The van der Waals surface area contributed by atoms with Crippen molar-refractivity contribution in [3.63, 3.8) is 0 Å². The summed E-state index contributed by atoms with van der Waals surface area (Å²) in [5.74, 6) is 1.23. The third kappa shape index (κ3) is 5.75. The van der Waals surface area contributed by atoms with Crippen LogP contribution in [-0.2, 0) is 19.7 Å². The highest BCUT2D eigenvalue weighted by molar-refractivity contribution is 6.32.